The summed E-state index contributed by atoms with van der Waals surface area (Å²) >= 11 is 3.45. The van der Waals surface area contributed by atoms with Gasteiger partial charge in [-0.25, -0.2) is 4.90 Å². The highest BCUT2D eigenvalue weighted by Crippen LogP contribution is 2.34. The summed E-state index contributed by atoms with van der Waals surface area (Å²) in [4.78, 5) is 39.4. The van der Waals surface area contributed by atoms with E-state index < -0.39 is 38.1 Å². The van der Waals surface area contributed by atoms with E-state index in [9.17, 15) is 14.4 Å². The maximum atomic E-state index is 13.2. The van der Waals surface area contributed by atoms with Crippen molar-refractivity contribution in [1.82, 2.24) is 4.90 Å². The number of halogens is 1. The minimum absolute atomic E-state index is 0.262. The van der Waals surface area contributed by atoms with Gasteiger partial charge in [0.1, 0.15) is 0 Å². The third-order valence-corrected chi connectivity index (χ3v) is 5.97. The number of carbonyl (C=O) groups is 3. The smallest absolute Gasteiger partial charge is 0.268 e. The van der Waals surface area contributed by atoms with E-state index in [0.29, 0.717) is 0 Å². The Morgan fingerprint density at radius 2 is 1.57 bits per heavy atom. The fraction of sp³-hybridized carbons (Fsp3) is 0.286. The summed E-state index contributed by atoms with van der Waals surface area (Å²) in [7, 11) is -2.02. The first kappa shape index (κ1) is 20.6. The fourth-order valence-corrected chi connectivity index (χ4v) is 4.76. The number of benzene rings is 2. The van der Waals surface area contributed by atoms with Crippen LogP contribution in [-0.2, 0) is 9.22 Å². The first-order chi connectivity index (χ1) is 13.1. The van der Waals surface area contributed by atoms with Crippen LogP contribution < -0.4 is 0 Å². The van der Waals surface area contributed by atoms with Crippen LogP contribution in [0.4, 0.5) is 0 Å². The van der Waals surface area contributed by atoms with E-state index >= 15 is 0 Å². The number of carbonyl (C=O) groups excluding carboxylic acids is 3. The largest absolute Gasteiger partial charge is 0.410 e. The topological polar surface area (TPSA) is 63.7 Å². The lowest BCUT2D eigenvalue weighted by Crippen LogP contribution is -2.43. The van der Waals surface area contributed by atoms with Crippen molar-refractivity contribution in [1.29, 1.82) is 0 Å². The van der Waals surface area contributed by atoms with Gasteiger partial charge in [0.25, 0.3) is 11.8 Å². The number of hydrogen-bond acceptors (Lipinski definition) is 4. The molecule has 1 aliphatic heterocycles. The van der Waals surface area contributed by atoms with Crippen molar-refractivity contribution in [3.8, 4) is 0 Å². The van der Waals surface area contributed by atoms with Crippen molar-refractivity contribution in [2.24, 2.45) is 5.92 Å². The zero-order chi connectivity index (χ0) is 20.6. The molecule has 2 aromatic carbocycles. The Morgan fingerprint density at radius 1 is 1.00 bits per heavy atom. The Balaban J connectivity index is 1.95. The second kappa shape index (κ2) is 7.73. The molecular weight excluding hydrogens is 438 g/mol. The SMILES string of the molecule is C[C@@H](C(=O)N1C(=O)c2ccccc2C1=O)[C@H](O[Si](C)(C)C)c1cccc(Br)c1. The van der Waals surface area contributed by atoms with Crippen molar-refractivity contribution >= 4 is 42.0 Å². The molecule has 1 aliphatic rings. The summed E-state index contributed by atoms with van der Waals surface area (Å²) in [6.07, 6.45) is -0.555. The molecule has 0 saturated heterocycles. The summed E-state index contributed by atoms with van der Waals surface area (Å²) in [5.74, 6) is -2.39. The molecule has 0 saturated carbocycles. The fourth-order valence-electron chi connectivity index (χ4n) is 3.25. The van der Waals surface area contributed by atoms with Gasteiger partial charge in [0, 0.05) is 4.47 Å². The van der Waals surface area contributed by atoms with Crippen molar-refractivity contribution in [3.05, 3.63) is 69.7 Å². The third-order valence-electron chi connectivity index (χ3n) is 4.52. The first-order valence-corrected chi connectivity index (χ1v) is 13.2. The highest BCUT2D eigenvalue weighted by atomic mass is 79.9. The molecule has 0 bridgehead atoms. The molecule has 0 fully saturated rings. The van der Waals surface area contributed by atoms with Crippen LogP contribution in [0.5, 0.6) is 0 Å². The van der Waals surface area contributed by atoms with E-state index in [-0.39, 0.29) is 11.1 Å². The molecule has 2 aromatic rings. The monoisotopic (exact) mass is 459 g/mol. The number of imide groups is 3. The Morgan fingerprint density at radius 3 is 2.07 bits per heavy atom. The third kappa shape index (κ3) is 4.01. The van der Waals surface area contributed by atoms with Gasteiger partial charge in [-0.2, -0.15) is 0 Å². The zero-order valence-corrected chi connectivity index (χ0v) is 18.8. The molecule has 0 unspecified atom stereocenters. The molecule has 1 heterocycles. The second-order valence-corrected chi connectivity index (χ2v) is 13.2. The van der Waals surface area contributed by atoms with Gasteiger partial charge in [0.15, 0.2) is 8.32 Å². The molecule has 0 radical (unpaired) electrons. The molecule has 7 heteroatoms. The summed E-state index contributed by atoms with van der Waals surface area (Å²) < 4.78 is 7.19. The summed E-state index contributed by atoms with van der Waals surface area (Å²) in [5, 5.41) is 0. The Labute approximate surface area is 173 Å². The van der Waals surface area contributed by atoms with Gasteiger partial charge in [-0.15, -0.1) is 0 Å². The number of fused-ring (bicyclic) bond motifs is 1. The molecule has 2 atom stereocenters. The lowest BCUT2D eigenvalue weighted by molar-refractivity contribution is -0.133. The second-order valence-electron chi connectivity index (χ2n) is 7.82. The molecule has 0 aromatic heterocycles. The quantitative estimate of drug-likeness (QED) is 0.475. The molecular formula is C21H22BrNO4Si. The van der Waals surface area contributed by atoms with Crippen LogP contribution in [0.1, 0.15) is 39.3 Å². The minimum atomic E-state index is -2.02. The van der Waals surface area contributed by atoms with Gasteiger partial charge >= 0.3 is 0 Å². The van der Waals surface area contributed by atoms with Gasteiger partial charge < -0.3 is 4.43 Å². The Bertz CT molecular complexity index is 918. The molecule has 0 N–H and O–H groups in total. The molecule has 3 amide bonds. The van der Waals surface area contributed by atoms with Crippen LogP contribution in [0.25, 0.3) is 0 Å². The Hall–Kier alpha value is -2.09. The maximum Gasteiger partial charge on any atom is 0.268 e. The van der Waals surface area contributed by atoms with Crippen molar-refractivity contribution < 1.29 is 18.8 Å². The number of nitrogens with zero attached hydrogens (tertiary/aromatic N) is 1. The van der Waals surface area contributed by atoms with Crippen LogP contribution in [0.2, 0.25) is 19.6 Å². The summed E-state index contributed by atoms with van der Waals surface area (Å²) in [6.45, 7) is 7.82. The van der Waals surface area contributed by atoms with Crippen LogP contribution in [0, 0.1) is 5.92 Å². The average molecular weight is 460 g/mol. The minimum Gasteiger partial charge on any atom is -0.410 e. The standard InChI is InChI=1S/C21H22BrNO4Si/c1-13(18(27-28(2,3)4)14-8-7-9-15(22)12-14)19(24)23-20(25)16-10-5-6-11-17(16)21(23)26/h5-13,18H,1-4H3/t13-,18+/m1/s1. The maximum absolute atomic E-state index is 13.2. The van der Waals surface area contributed by atoms with Crippen LogP contribution in [0.15, 0.2) is 53.0 Å². The summed E-state index contributed by atoms with van der Waals surface area (Å²) in [5.41, 5.74) is 1.35. The van der Waals surface area contributed by atoms with E-state index in [1.807, 2.05) is 43.9 Å². The summed E-state index contributed by atoms with van der Waals surface area (Å²) in [6, 6.07) is 14.1. The molecule has 0 spiro atoms. The first-order valence-electron chi connectivity index (χ1n) is 9.05. The number of amides is 3. The molecule has 5 nitrogen and oxygen atoms in total. The lowest BCUT2D eigenvalue weighted by Gasteiger charge is -2.31. The normalized spacial score (nSPS) is 16.1. The Kier molecular flexibility index (Phi) is 5.70. The average Bonchev–Trinajstić information content (AvgIpc) is 2.89. The van der Waals surface area contributed by atoms with Gasteiger partial charge in [0.05, 0.1) is 23.1 Å². The number of rotatable bonds is 5. The number of hydrogen-bond donors (Lipinski definition) is 0. The molecule has 3 rings (SSSR count). The van der Waals surface area contributed by atoms with Crippen molar-refractivity contribution in [2.45, 2.75) is 32.7 Å². The van der Waals surface area contributed by atoms with Gasteiger partial charge in [0.2, 0.25) is 5.91 Å². The van der Waals surface area contributed by atoms with E-state index in [1.54, 1.807) is 31.2 Å². The molecule has 28 heavy (non-hydrogen) atoms. The van der Waals surface area contributed by atoms with Crippen molar-refractivity contribution in [2.75, 3.05) is 0 Å². The van der Waals surface area contributed by atoms with Gasteiger partial charge in [-0.1, -0.05) is 47.1 Å². The van der Waals surface area contributed by atoms with Gasteiger partial charge in [-0.05, 0) is 49.5 Å². The van der Waals surface area contributed by atoms with Crippen LogP contribution in [0.3, 0.4) is 0 Å². The predicted molar refractivity (Wildman–Crippen MR) is 112 cm³/mol. The van der Waals surface area contributed by atoms with Crippen LogP contribution >= 0.6 is 15.9 Å². The predicted octanol–water partition coefficient (Wildman–Crippen LogP) is 4.80. The van der Waals surface area contributed by atoms with E-state index in [2.05, 4.69) is 15.9 Å². The van der Waals surface area contributed by atoms with E-state index in [1.165, 1.54) is 0 Å². The highest BCUT2D eigenvalue weighted by molar-refractivity contribution is 9.10. The lowest BCUT2D eigenvalue weighted by atomic mass is 9.96. The zero-order valence-electron chi connectivity index (χ0n) is 16.2. The molecule has 146 valence electrons. The van der Waals surface area contributed by atoms with Gasteiger partial charge in [-0.3, -0.25) is 14.4 Å². The van der Waals surface area contributed by atoms with E-state index in [0.717, 1.165) is 14.9 Å². The highest BCUT2D eigenvalue weighted by Gasteiger charge is 2.43. The van der Waals surface area contributed by atoms with Crippen LogP contribution in [-0.4, -0.2) is 30.9 Å². The van der Waals surface area contributed by atoms with E-state index in [4.69, 9.17) is 4.43 Å². The van der Waals surface area contributed by atoms with Crippen molar-refractivity contribution in [3.63, 3.8) is 0 Å². The molecule has 0 aliphatic carbocycles.